The van der Waals surface area contributed by atoms with Gasteiger partial charge >= 0.3 is 0 Å². The lowest BCUT2D eigenvalue weighted by molar-refractivity contribution is -0.113. The largest absolute Gasteiger partial charge is 0.295 e. The number of carbonyl (C=O) groups excluding carboxylic acids is 1. The first-order valence-corrected chi connectivity index (χ1v) is 3.84. The highest BCUT2D eigenvalue weighted by Gasteiger charge is 2.00. The fourth-order valence-corrected chi connectivity index (χ4v) is 1.03. The number of hydrogen-bond acceptors (Lipinski definition) is 1. The van der Waals surface area contributed by atoms with Gasteiger partial charge in [0.25, 0.3) is 0 Å². The molecule has 1 heteroatoms. The van der Waals surface area contributed by atoms with Crippen molar-refractivity contribution < 1.29 is 4.79 Å². The third-order valence-electron chi connectivity index (χ3n) is 1.69. The molecule has 0 amide bonds. The average molecular weight is 148 g/mol. The second-order valence-corrected chi connectivity index (χ2v) is 2.60. The molecule has 0 aromatic carbocycles. The smallest absolute Gasteiger partial charge is 0.155 e. The van der Waals surface area contributed by atoms with Crippen molar-refractivity contribution in [3.05, 3.63) is 36.0 Å². The first-order chi connectivity index (χ1) is 5.30. The van der Waals surface area contributed by atoms with Gasteiger partial charge in [0.05, 0.1) is 0 Å². The van der Waals surface area contributed by atoms with Gasteiger partial charge in [0.1, 0.15) is 0 Å². The zero-order valence-corrected chi connectivity index (χ0v) is 6.71. The van der Waals surface area contributed by atoms with Gasteiger partial charge in [-0.25, -0.2) is 0 Å². The van der Waals surface area contributed by atoms with Crippen molar-refractivity contribution in [3.8, 4) is 0 Å². The van der Waals surface area contributed by atoms with Crippen molar-refractivity contribution >= 4 is 5.78 Å². The number of allylic oxidation sites excluding steroid dienone is 6. The molecular weight excluding hydrogens is 136 g/mol. The summed E-state index contributed by atoms with van der Waals surface area (Å²) >= 11 is 0. The number of Topliss-reactive ketones (excluding diaryl/α,β-unsaturated/α-hetero) is 1. The molecule has 1 aliphatic carbocycles. The first kappa shape index (κ1) is 7.99. The van der Waals surface area contributed by atoms with E-state index in [1.807, 2.05) is 24.3 Å². The Kier molecular flexibility index (Phi) is 2.84. The third-order valence-corrected chi connectivity index (χ3v) is 1.69. The zero-order valence-electron chi connectivity index (χ0n) is 6.71. The highest BCUT2D eigenvalue weighted by atomic mass is 16.1. The molecule has 0 aromatic heterocycles. The van der Waals surface area contributed by atoms with Gasteiger partial charge < -0.3 is 0 Å². The maximum absolute atomic E-state index is 10.9. The second-order valence-electron chi connectivity index (χ2n) is 2.60. The summed E-state index contributed by atoms with van der Waals surface area (Å²) in [5.74, 6) is 0.185. The maximum atomic E-state index is 10.9. The van der Waals surface area contributed by atoms with Crippen LogP contribution in [0.15, 0.2) is 36.0 Å². The minimum absolute atomic E-state index is 0.185. The van der Waals surface area contributed by atoms with E-state index in [1.165, 1.54) is 0 Å². The van der Waals surface area contributed by atoms with Crippen LogP contribution in [0, 0.1) is 0 Å². The van der Waals surface area contributed by atoms with Gasteiger partial charge in [0.15, 0.2) is 5.78 Å². The molecule has 0 bridgehead atoms. The summed E-state index contributed by atoms with van der Waals surface area (Å²) in [7, 11) is 0. The topological polar surface area (TPSA) is 17.1 Å². The zero-order chi connectivity index (χ0) is 8.10. The van der Waals surface area contributed by atoms with Gasteiger partial charge in [-0.15, -0.1) is 0 Å². The SMILES string of the molecule is CC(=O)C1=CC=CC=CCC1. The molecule has 1 nitrogen and oxygen atoms in total. The van der Waals surface area contributed by atoms with E-state index in [2.05, 4.69) is 6.08 Å². The van der Waals surface area contributed by atoms with Crippen molar-refractivity contribution in [1.82, 2.24) is 0 Å². The predicted octanol–water partition coefficient (Wildman–Crippen LogP) is 2.41. The molecule has 0 saturated heterocycles. The van der Waals surface area contributed by atoms with Crippen LogP contribution >= 0.6 is 0 Å². The van der Waals surface area contributed by atoms with Crippen molar-refractivity contribution in [3.63, 3.8) is 0 Å². The highest BCUT2D eigenvalue weighted by Crippen LogP contribution is 2.09. The lowest BCUT2D eigenvalue weighted by Crippen LogP contribution is -1.95. The summed E-state index contributed by atoms with van der Waals surface area (Å²) in [5.41, 5.74) is 0.922. The number of carbonyl (C=O) groups is 1. The lowest BCUT2D eigenvalue weighted by atomic mass is 10.0. The molecule has 0 heterocycles. The van der Waals surface area contributed by atoms with Gasteiger partial charge in [-0.05, 0) is 25.3 Å². The standard InChI is InChI=1S/C10H12O/c1-9(11)10-7-5-3-2-4-6-8-10/h2-5,7H,6,8H2,1H3. The second kappa shape index (κ2) is 3.91. The summed E-state index contributed by atoms with van der Waals surface area (Å²) in [4.78, 5) is 10.9. The van der Waals surface area contributed by atoms with Crippen LogP contribution in [0.1, 0.15) is 19.8 Å². The Hall–Kier alpha value is -1.11. The molecule has 0 saturated carbocycles. The number of hydrogen-bond donors (Lipinski definition) is 0. The highest BCUT2D eigenvalue weighted by molar-refractivity contribution is 5.93. The molecule has 0 unspecified atom stereocenters. The molecule has 58 valence electrons. The van der Waals surface area contributed by atoms with Crippen LogP contribution in [0.3, 0.4) is 0 Å². The normalized spacial score (nSPS) is 17.0. The van der Waals surface area contributed by atoms with Crippen molar-refractivity contribution in [2.24, 2.45) is 0 Å². The number of ketones is 1. The quantitative estimate of drug-likeness (QED) is 0.558. The van der Waals surface area contributed by atoms with E-state index >= 15 is 0 Å². The Labute approximate surface area is 67.1 Å². The van der Waals surface area contributed by atoms with Crippen molar-refractivity contribution in [1.29, 1.82) is 0 Å². The first-order valence-electron chi connectivity index (χ1n) is 3.84. The van der Waals surface area contributed by atoms with Gasteiger partial charge in [0, 0.05) is 0 Å². The summed E-state index contributed by atoms with van der Waals surface area (Å²) in [6.45, 7) is 1.62. The number of rotatable bonds is 1. The van der Waals surface area contributed by atoms with Crippen molar-refractivity contribution in [2.45, 2.75) is 19.8 Å². The van der Waals surface area contributed by atoms with Crippen LogP contribution in [0.5, 0.6) is 0 Å². The van der Waals surface area contributed by atoms with E-state index in [-0.39, 0.29) is 5.78 Å². The van der Waals surface area contributed by atoms with E-state index in [0.717, 1.165) is 18.4 Å². The van der Waals surface area contributed by atoms with E-state index in [4.69, 9.17) is 0 Å². The maximum Gasteiger partial charge on any atom is 0.155 e. The van der Waals surface area contributed by atoms with E-state index in [1.54, 1.807) is 6.92 Å². The van der Waals surface area contributed by atoms with Crippen LogP contribution in [0.25, 0.3) is 0 Å². The Morgan fingerprint density at radius 3 is 2.91 bits per heavy atom. The molecule has 0 fully saturated rings. The molecular formula is C10H12O. The van der Waals surface area contributed by atoms with Gasteiger partial charge in [-0.2, -0.15) is 0 Å². The van der Waals surface area contributed by atoms with Gasteiger partial charge in [-0.3, -0.25) is 4.79 Å². The van der Waals surface area contributed by atoms with Crippen LogP contribution in [-0.2, 0) is 4.79 Å². The Morgan fingerprint density at radius 2 is 2.18 bits per heavy atom. The molecule has 0 atom stereocenters. The minimum Gasteiger partial charge on any atom is -0.295 e. The summed E-state index contributed by atoms with van der Waals surface area (Å²) in [6.07, 6.45) is 11.7. The molecule has 0 spiro atoms. The summed E-state index contributed by atoms with van der Waals surface area (Å²) < 4.78 is 0. The van der Waals surface area contributed by atoms with Crippen LogP contribution < -0.4 is 0 Å². The fourth-order valence-electron chi connectivity index (χ4n) is 1.03. The molecule has 0 aliphatic heterocycles. The Balaban J connectivity index is 2.73. The molecule has 0 aromatic rings. The van der Waals surface area contributed by atoms with Gasteiger partial charge in [-0.1, -0.05) is 30.4 Å². The molecule has 0 N–H and O–H groups in total. The average Bonchev–Trinajstić information content (AvgIpc) is 1.84. The molecule has 1 rings (SSSR count). The molecule has 0 radical (unpaired) electrons. The molecule has 11 heavy (non-hydrogen) atoms. The fraction of sp³-hybridized carbons (Fsp3) is 0.300. The van der Waals surface area contributed by atoms with Crippen LogP contribution in [-0.4, -0.2) is 5.78 Å². The van der Waals surface area contributed by atoms with E-state index in [0.29, 0.717) is 0 Å². The Bertz CT molecular complexity index is 231. The summed E-state index contributed by atoms with van der Waals surface area (Å²) in [6, 6.07) is 0. The predicted molar refractivity (Wildman–Crippen MR) is 46.3 cm³/mol. The van der Waals surface area contributed by atoms with Crippen LogP contribution in [0.2, 0.25) is 0 Å². The Morgan fingerprint density at radius 1 is 1.36 bits per heavy atom. The lowest BCUT2D eigenvalue weighted by Gasteiger charge is -2.00. The van der Waals surface area contributed by atoms with E-state index < -0.39 is 0 Å². The minimum atomic E-state index is 0.185. The van der Waals surface area contributed by atoms with Gasteiger partial charge in [0.2, 0.25) is 0 Å². The van der Waals surface area contributed by atoms with Crippen LogP contribution in [0.4, 0.5) is 0 Å². The van der Waals surface area contributed by atoms with Crippen molar-refractivity contribution in [2.75, 3.05) is 0 Å². The summed E-state index contributed by atoms with van der Waals surface area (Å²) in [5, 5.41) is 0. The molecule has 1 aliphatic rings. The monoisotopic (exact) mass is 148 g/mol. The third kappa shape index (κ3) is 2.54. The van der Waals surface area contributed by atoms with E-state index in [9.17, 15) is 4.79 Å².